The topological polar surface area (TPSA) is 12.9 Å². The molecule has 0 fully saturated rings. The average Bonchev–Trinajstić information content (AvgIpc) is 2.38. The molecule has 1 atom stereocenters. The van der Waals surface area contributed by atoms with Gasteiger partial charge in [0, 0.05) is 12.1 Å². The molecule has 0 aliphatic rings. The van der Waals surface area contributed by atoms with E-state index in [1.165, 1.54) is 27.9 Å². The van der Waals surface area contributed by atoms with Gasteiger partial charge in [-0.1, -0.05) is 43.7 Å². The molecule has 0 spiro atoms. The van der Waals surface area contributed by atoms with Crippen LogP contribution in [0.1, 0.15) is 47.7 Å². The molecule has 1 aromatic heterocycles. The quantitative estimate of drug-likeness (QED) is 0.773. The summed E-state index contributed by atoms with van der Waals surface area (Å²) in [7, 11) is 0. The summed E-state index contributed by atoms with van der Waals surface area (Å²) in [5.74, 6) is 0.363. The first-order valence-corrected chi connectivity index (χ1v) is 6.64. The molecule has 2 rings (SSSR count). The molecule has 2 aromatic rings. The summed E-state index contributed by atoms with van der Waals surface area (Å²) in [6, 6.07) is 10.9. The van der Waals surface area contributed by atoms with Crippen LogP contribution in [0, 0.1) is 13.8 Å². The summed E-state index contributed by atoms with van der Waals surface area (Å²) in [5, 5.41) is 0. The van der Waals surface area contributed by atoms with Crippen molar-refractivity contribution in [2.24, 2.45) is 0 Å². The Hall–Kier alpha value is -1.63. The monoisotopic (exact) mass is 239 g/mol. The Morgan fingerprint density at radius 2 is 1.94 bits per heavy atom. The highest BCUT2D eigenvalue weighted by Crippen LogP contribution is 2.28. The first-order chi connectivity index (χ1) is 8.63. The summed E-state index contributed by atoms with van der Waals surface area (Å²) in [5.41, 5.74) is 6.63. The lowest BCUT2D eigenvalue weighted by Gasteiger charge is -2.17. The normalized spacial score (nSPS) is 12.4. The Morgan fingerprint density at radius 3 is 2.61 bits per heavy atom. The van der Waals surface area contributed by atoms with Gasteiger partial charge in [0.2, 0.25) is 0 Å². The summed E-state index contributed by atoms with van der Waals surface area (Å²) in [6.45, 7) is 8.77. The molecule has 0 saturated heterocycles. The SMILES string of the molecule is CCc1cccnc1C(C)c1ccc(C)cc1C. The van der Waals surface area contributed by atoms with Crippen LogP contribution in [0.25, 0.3) is 0 Å². The van der Waals surface area contributed by atoms with Crippen molar-refractivity contribution < 1.29 is 0 Å². The minimum atomic E-state index is 0.363. The minimum absolute atomic E-state index is 0.363. The molecule has 0 bridgehead atoms. The number of hydrogen-bond donors (Lipinski definition) is 0. The van der Waals surface area contributed by atoms with Gasteiger partial charge in [-0.15, -0.1) is 0 Å². The van der Waals surface area contributed by atoms with E-state index in [-0.39, 0.29) is 0 Å². The predicted molar refractivity (Wildman–Crippen MR) is 77.0 cm³/mol. The summed E-state index contributed by atoms with van der Waals surface area (Å²) >= 11 is 0. The fraction of sp³-hybridized carbons (Fsp3) is 0.353. The molecule has 94 valence electrons. The van der Waals surface area contributed by atoms with E-state index in [9.17, 15) is 0 Å². The van der Waals surface area contributed by atoms with Crippen molar-refractivity contribution in [3.63, 3.8) is 0 Å². The lowest BCUT2D eigenvalue weighted by Crippen LogP contribution is -2.05. The van der Waals surface area contributed by atoms with Gasteiger partial charge < -0.3 is 0 Å². The molecule has 0 radical (unpaired) electrons. The molecule has 0 aliphatic carbocycles. The molecular weight excluding hydrogens is 218 g/mol. The molecule has 0 saturated carbocycles. The zero-order valence-corrected chi connectivity index (χ0v) is 11.7. The van der Waals surface area contributed by atoms with Crippen molar-refractivity contribution in [2.45, 2.75) is 40.0 Å². The van der Waals surface area contributed by atoms with Gasteiger partial charge in [0.15, 0.2) is 0 Å². The number of benzene rings is 1. The van der Waals surface area contributed by atoms with E-state index < -0.39 is 0 Å². The van der Waals surface area contributed by atoms with Crippen molar-refractivity contribution >= 4 is 0 Å². The Labute approximate surface area is 110 Å². The molecule has 1 nitrogen and oxygen atoms in total. The third kappa shape index (κ3) is 2.45. The number of nitrogens with zero attached hydrogens (tertiary/aromatic N) is 1. The number of hydrogen-bond acceptors (Lipinski definition) is 1. The maximum Gasteiger partial charge on any atom is 0.0507 e. The van der Waals surface area contributed by atoms with Crippen LogP contribution in [0.5, 0.6) is 0 Å². The lowest BCUT2D eigenvalue weighted by atomic mass is 9.89. The van der Waals surface area contributed by atoms with Crippen LogP contribution in [0.15, 0.2) is 36.5 Å². The molecule has 1 heterocycles. The summed E-state index contributed by atoms with van der Waals surface area (Å²) < 4.78 is 0. The molecule has 1 aromatic carbocycles. The molecular formula is C17H21N. The van der Waals surface area contributed by atoms with Gasteiger partial charge in [-0.25, -0.2) is 0 Å². The second kappa shape index (κ2) is 5.34. The molecule has 1 heteroatoms. The standard InChI is InChI=1S/C17H21N/c1-5-15-7-6-10-18-17(15)14(4)16-9-8-12(2)11-13(16)3/h6-11,14H,5H2,1-4H3. The van der Waals surface area contributed by atoms with Crippen molar-refractivity contribution in [1.82, 2.24) is 4.98 Å². The van der Waals surface area contributed by atoms with Crippen LogP contribution in [0.4, 0.5) is 0 Å². The van der Waals surface area contributed by atoms with E-state index in [1.54, 1.807) is 0 Å². The second-order valence-corrected chi connectivity index (χ2v) is 4.98. The van der Waals surface area contributed by atoms with Crippen molar-refractivity contribution in [3.8, 4) is 0 Å². The third-order valence-electron chi connectivity index (χ3n) is 3.61. The van der Waals surface area contributed by atoms with Gasteiger partial charge in [-0.2, -0.15) is 0 Å². The van der Waals surface area contributed by atoms with Gasteiger partial charge in [-0.05, 0) is 43.0 Å². The molecule has 1 unspecified atom stereocenters. The third-order valence-corrected chi connectivity index (χ3v) is 3.61. The Bertz CT molecular complexity index is 543. The number of aromatic nitrogens is 1. The maximum absolute atomic E-state index is 4.59. The Morgan fingerprint density at radius 1 is 1.17 bits per heavy atom. The van der Waals surface area contributed by atoms with Crippen LogP contribution in [-0.2, 0) is 6.42 Å². The second-order valence-electron chi connectivity index (χ2n) is 4.98. The van der Waals surface area contributed by atoms with E-state index in [0.29, 0.717) is 5.92 Å². The first-order valence-electron chi connectivity index (χ1n) is 6.64. The molecule has 0 N–H and O–H groups in total. The lowest BCUT2D eigenvalue weighted by molar-refractivity contribution is 0.834. The molecule has 0 aliphatic heterocycles. The number of rotatable bonds is 3. The highest BCUT2D eigenvalue weighted by atomic mass is 14.7. The van der Waals surface area contributed by atoms with E-state index in [1.807, 2.05) is 12.3 Å². The van der Waals surface area contributed by atoms with Gasteiger partial charge >= 0.3 is 0 Å². The first kappa shape index (κ1) is 12.8. The van der Waals surface area contributed by atoms with Crippen LogP contribution >= 0.6 is 0 Å². The zero-order chi connectivity index (χ0) is 13.1. The molecule has 0 amide bonds. The summed E-state index contributed by atoms with van der Waals surface area (Å²) in [6.07, 6.45) is 2.94. The minimum Gasteiger partial charge on any atom is -0.260 e. The largest absolute Gasteiger partial charge is 0.260 e. The molecule has 18 heavy (non-hydrogen) atoms. The van der Waals surface area contributed by atoms with E-state index in [4.69, 9.17) is 0 Å². The van der Waals surface area contributed by atoms with Gasteiger partial charge in [0.25, 0.3) is 0 Å². The van der Waals surface area contributed by atoms with Crippen LogP contribution < -0.4 is 0 Å². The van der Waals surface area contributed by atoms with Crippen molar-refractivity contribution in [3.05, 3.63) is 64.5 Å². The highest BCUT2D eigenvalue weighted by molar-refractivity contribution is 5.39. The fourth-order valence-electron chi connectivity index (χ4n) is 2.60. The van der Waals surface area contributed by atoms with Gasteiger partial charge in [0.1, 0.15) is 0 Å². The summed E-state index contributed by atoms with van der Waals surface area (Å²) in [4.78, 5) is 4.59. The highest BCUT2D eigenvalue weighted by Gasteiger charge is 2.14. The van der Waals surface area contributed by atoms with Crippen molar-refractivity contribution in [2.75, 3.05) is 0 Å². The van der Waals surface area contributed by atoms with Crippen LogP contribution in [-0.4, -0.2) is 4.98 Å². The van der Waals surface area contributed by atoms with Crippen LogP contribution in [0.2, 0.25) is 0 Å². The average molecular weight is 239 g/mol. The number of aryl methyl sites for hydroxylation is 3. The zero-order valence-electron chi connectivity index (χ0n) is 11.7. The Kier molecular flexibility index (Phi) is 3.81. The smallest absolute Gasteiger partial charge is 0.0507 e. The fourth-order valence-corrected chi connectivity index (χ4v) is 2.60. The van der Waals surface area contributed by atoms with Gasteiger partial charge in [0.05, 0.1) is 5.69 Å². The van der Waals surface area contributed by atoms with Gasteiger partial charge in [-0.3, -0.25) is 4.98 Å². The predicted octanol–water partition coefficient (Wildman–Crippen LogP) is 4.41. The van der Waals surface area contributed by atoms with Crippen LogP contribution in [0.3, 0.4) is 0 Å². The Balaban J connectivity index is 2.44. The van der Waals surface area contributed by atoms with E-state index in [2.05, 4.69) is 56.9 Å². The maximum atomic E-state index is 4.59. The number of pyridine rings is 1. The van der Waals surface area contributed by atoms with E-state index >= 15 is 0 Å². The van der Waals surface area contributed by atoms with E-state index in [0.717, 1.165) is 6.42 Å². The van der Waals surface area contributed by atoms with Crippen molar-refractivity contribution in [1.29, 1.82) is 0 Å².